The van der Waals surface area contributed by atoms with Gasteiger partial charge in [-0.25, -0.2) is 0 Å². The Hall–Kier alpha value is 0.115. The molecular formula is C12H13As3. The molecule has 0 fully saturated rings. The summed E-state index contributed by atoms with van der Waals surface area (Å²) in [5.74, 6) is 0. The second kappa shape index (κ2) is 4.96. The van der Waals surface area contributed by atoms with Crippen LogP contribution in [0.3, 0.4) is 0 Å². The molecule has 0 radical (unpaired) electrons. The van der Waals surface area contributed by atoms with Gasteiger partial charge in [0.05, 0.1) is 0 Å². The van der Waals surface area contributed by atoms with Crippen molar-refractivity contribution in [2.24, 2.45) is 0 Å². The van der Waals surface area contributed by atoms with E-state index < -0.39 is 0 Å². The number of hydrogen-bond acceptors (Lipinski definition) is 0. The molecule has 2 aromatic carbocycles. The van der Waals surface area contributed by atoms with Gasteiger partial charge in [0.1, 0.15) is 0 Å². The molecule has 76 valence electrons. The van der Waals surface area contributed by atoms with Crippen molar-refractivity contribution in [2.75, 3.05) is 0 Å². The molecule has 2 rings (SSSR count). The molecule has 2 aromatic rings. The van der Waals surface area contributed by atoms with Gasteiger partial charge < -0.3 is 0 Å². The molecule has 3 unspecified atom stereocenters. The summed E-state index contributed by atoms with van der Waals surface area (Å²) < 4.78 is 4.20. The van der Waals surface area contributed by atoms with E-state index in [1.165, 1.54) is 24.2 Å². The maximum atomic E-state index is 2.30. The van der Waals surface area contributed by atoms with Crippen LogP contribution in [0, 0.1) is 0 Å². The van der Waals surface area contributed by atoms with Gasteiger partial charge in [-0.15, -0.1) is 0 Å². The molecular weight excluding hydrogens is 369 g/mol. The van der Waals surface area contributed by atoms with Gasteiger partial charge in [-0.1, -0.05) is 0 Å². The summed E-state index contributed by atoms with van der Waals surface area (Å²) in [7, 11) is 0. The van der Waals surface area contributed by atoms with Crippen LogP contribution in [0.15, 0.2) is 42.5 Å². The van der Waals surface area contributed by atoms with Gasteiger partial charge in [0.15, 0.2) is 0 Å². The monoisotopic (exact) mass is 382 g/mol. The van der Waals surface area contributed by atoms with Crippen LogP contribution < -0.4 is 13.1 Å². The molecule has 3 heteroatoms. The van der Waals surface area contributed by atoms with Crippen LogP contribution in [0.25, 0.3) is 11.1 Å². The first-order valence-corrected chi connectivity index (χ1v) is 8.31. The molecule has 0 aliphatic heterocycles. The molecule has 0 heterocycles. The van der Waals surface area contributed by atoms with Gasteiger partial charge in [0.25, 0.3) is 0 Å². The molecule has 0 aromatic heterocycles. The predicted octanol–water partition coefficient (Wildman–Crippen LogP) is -1.87. The van der Waals surface area contributed by atoms with Crippen molar-refractivity contribution in [3.8, 4) is 11.1 Å². The van der Waals surface area contributed by atoms with Crippen molar-refractivity contribution in [1.29, 1.82) is 0 Å². The van der Waals surface area contributed by atoms with E-state index in [9.17, 15) is 0 Å². The van der Waals surface area contributed by atoms with Crippen LogP contribution >= 0.6 is 0 Å². The molecule has 0 aliphatic rings. The second-order valence-electron chi connectivity index (χ2n) is 3.47. The third-order valence-electron chi connectivity index (χ3n) is 2.27. The number of benzene rings is 2. The van der Waals surface area contributed by atoms with Gasteiger partial charge in [0, 0.05) is 0 Å². The van der Waals surface area contributed by atoms with E-state index in [-0.39, 0.29) is 0 Å². The number of hydrogen-bond donors (Lipinski definition) is 0. The molecule has 0 amide bonds. The summed E-state index contributed by atoms with van der Waals surface area (Å²) in [4.78, 5) is 0. The van der Waals surface area contributed by atoms with Crippen molar-refractivity contribution in [3.63, 3.8) is 0 Å². The SMILES string of the molecule is [AsH2]c1cccc(-c2cc([AsH2])ccc2[AsH2])c1. The quantitative estimate of drug-likeness (QED) is 0.508. The van der Waals surface area contributed by atoms with Crippen molar-refractivity contribution in [3.05, 3.63) is 42.5 Å². The van der Waals surface area contributed by atoms with Crippen LogP contribution in [0.2, 0.25) is 0 Å². The molecule has 0 bridgehead atoms. The van der Waals surface area contributed by atoms with E-state index in [1.54, 1.807) is 50.6 Å². The fourth-order valence-electron chi connectivity index (χ4n) is 1.53. The van der Waals surface area contributed by atoms with Gasteiger partial charge in [-0.2, -0.15) is 0 Å². The number of rotatable bonds is 1. The Balaban J connectivity index is 2.58. The fourth-order valence-corrected chi connectivity index (χ4v) is 3.42. The Morgan fingerprint density at radius 2 is 1.47 bits per heavy atom. The summed E-state index contributed by atoms with van der Waals surface area (Å²) in [6, 6.07) is 15.5. The molecule has 0 spiro atoms. The van der Waals surface area contributed by atoms with Crippen LogP contribution in [0.5, 0.6) is 0 Å². The molecule has 0 saturated heterocycles. The molecule has 3 atom stereocenters. The molecule has 15 heavy (non-hydrogen) atoms. The van der Waals surface area contributed by atoms with Crippen LogP contribution in [0.4, 0.5) is 0 Å². The third kappa shape index (κ3) is 2.82. The zero-order chi connectivity index (χ0) is 10.8. The normalized spacial score (nSPS) is 10.3. The van der Waals surface area contributed by atoms with Crippen LogP contribution in [-0.4, -0.2) is 50.6 Å². The van der Waals surface area contributed by atoms with Gasteiger partial charge >= 0.3 is 117 Å². The summed E-state index contributed by atoms with van der Waals surface area (Å²) in [5.41, 5.74) is 2.76. The van der Waals surface area contributed by atoms with Gasteiger partial charge in [-0.05, 0) is 0 Å². The van der Waals surface area contributed by atoms with Gasteiger partial charge in [-0.3, -0.25) is 0 Å². The maximum absolute atomic E-state index is 2.30. The van der Waals surface area contributed by atoms with Crippen molar-refractivity contribution in [2.45, 2.75) is 0 Å². The summed E-state index contributed by atoms with van der Waals surface area (Å²) in [6.45, 7) is 0. The fraction of sp³-hybridized carbons (Fsp3) is 0. The van der Waals surface area contributed by atoms with Crippen LogP contribution in [0.1, 0.15) is 0 Å². The Bertz CT molecular complexity index is 492. The first-order valence-electron chi connectivity index (χ1n) is 4.68. The summed E-state index contributed by atoms with van der Waals surface area (Å²) in [5, 5.41) is 0. The Labute approximate surface area is 116 Å². The standard InChI is InChI=1S/C12H13As3/c13-9-3-1-2-8(6-9)11-7-10(14)4-5-12(11)15/h1-7H,13-15H2. The van der Waals surface area contributed by atoms with Crippen molar-refractivity contribution in [1.82, 2.24) is 0 Å². The Morgan fingerprint density at radius 3 is 2.20 bits per heavy atom. The third-order valence-corrected chi connectivity index (χ3v) is 4.84. The van der Waals surface area contributed by atoms with E-state index in [0.717, 1.165) is 0 Å². The van der Waals surface area contributed by atoms with E-state index in [0.29, 0.717) is 0 Å². The minimum absolute atomic E-state index is 1.36. The zero-order valence-electron chi connectivity index (χ0n) is 8.27. The van der Waals surface area contributed by atoms with E-state index in [4.69, 9.17) is 0 Å². The molecule has 0 N–H and O–H groups in total. The first kappa shape index (κ1) is 11.6. The minimum atomic E-state index is 1.36. The molecule has 0 nitrogen and oxygen atoms in total. The van der Waals surface area contributed by atoms with Crippen LogP contribution in [-0.2, 0) is 0 Å². The van der Waals surface area contributed by atoms with E-state index in [2.05, 4.69) is 42.5 Å². The zero-order valence-corrected chi connectivity index (χ0v) is 15.5. The van der Waals surface area contributed by atoms with Crippen molar-refractivity contribution < 1.29 is 0 Å². The summed E-state index contributed by atoms with van der Waals surface area (Å²) >= 11 is 5.08. The topological polar surface area (TPSA) is 0 Å². The molecule has 0 saturated carbocycles. The average Bonchev–Trinajstić information content (AvgIpc) is 2.22. The average molecular weight is 382 g/mol. The molecule has 0 aliphatic carbocycles. The van der Waals surface area contributed by atoms with Crippen molar-refractivity contribution >= 4 is 63.6 Å². The van der Waals surface area contributed by atoms with Gasteiger partial charge in [0.2, 0.25) is 0 Å². The first-order chi connectivity index (χ1) is 7.16. The second-order valence-corrected chi connectivity index (χ2v) is 7.57. The predicted molar refractivity (Wildman–Crippen MR) is 76.4 cm³/mol. The summed E-state index contributed by atoms with van der Waals surface area (Å²) in [6.07, 6.45) is 0. The van der Waals surface area contributed by atoms with E-state index >= 15 is 0 Å². The Morgan fingerprint density at radius 1 is 0.733 bits per heavy atom. The Kier molecular flexibility index (Phi) is 3.84. The van der Waals surface area contributed by atoms with E-state index in [1.807, 2.05) is 0 Å².